The molecule has 1 aromatic heterocycles. The van der Waals surface area contributed by atoms with Gasteiger partial charge in [0.2, 0.25) is 11.8 Å². The lowest BCUT2D eigenvalue weighted by molar-refractivity contribution is -0.359. The van der Waals surface area contributed by atoms with E-state index < -0.39 is 178 Å². The van der Waals surface area contributed by atoms with Crippen molar-refractivity contribution in [3.63, 3.8) is 0 Å². The summed E-state index contributed by atoms with van der Waals surface area (Å²) >= 11 is 1.30. The monoisotopic (exact) mass is 1090 g/mol. The Morgan fingerprint density at radius 3 is 2.17 bits per heavy atom. The predicted molar refractivity (Wildman–Crippen MR) is 234 cm³/mol. The quantitative estimate of drug-likeness (QED) is 0.0250. The van der Waals surface area contributed by atoms with E-state index in [1.807, 2.05) is 0 Å². The van der Waals surface area contributed by atoms with E-state index in [1.165, 1.54) is 6.07 Å². The van der Waals surface area contributed by atoms with E-state index in [0.717, 1.165) is 50.4 Å². The number of hydrogen-bond acceptors (Lipinski definition) is 29. The minimum Gasteiger partial charge on any atom is -0.465 e. The number of phosphoric ester groups is 1. The molecular weight excluding hydrogens is 1030 g/mol. The number of aromatic nitrogens is 2. The van der Waals surface area contributed by atoms with Gasteiger partial charge < -0.3 is 111 Å². The Morgan fingerprint density at radius 2 is 1.58 bits per heavy atom. The third-order valence-electron chi connectivity index (χ3n) is 11.7. The van der Waals surface area contributed by atoms with Crippen molar-refractivity contribution in [2.75, 3.05) is 43.5 Å². The van der Waals surface area contributed by atoms with Gasteiger partial charge in [0.15, 0.2) is 18.3 Å². The van der Waals surface area contributed by atoms with Crippen molar-refractivity contribution < 1.29 is 123 Å². The average Bonchev–Trinajstić information content (AvgIpc) is 3.58. The summed E-state index contributed by atoms with van der Waals surface area (Å²) in [6.07, 6.45) is -29.0. The molecule has 22 atom stereocenters. The van der Waals surface area contributed by atoms with Crippen molar-refractivity contribution in [2.45, 2.75) is 148 Å². The lowest BCUT2D eigenvalue weighted by Crippen LogP contribution is -2.73. The van der Waals surface area contributed by atoms with Crippen LogP contribution in [0.15, 0.2) is 17.1 Å². The zero-order valence-electron chi connectivity index (χ0n) is 38.0. The van der Waals surface area contributed by atoms with E-state index in [9.17, 15) is 89.9 Å². The van der Waals surface area contributed by atoms with E-state index in [-0.39, 0.29) is 16.7 Å². The second-order valence-electron chi connectivity index (χ2n) is 16.9. The molecule has 4 aliphatic heterocycles. The molecule has 34 heteroatoms. The van der Waals surface area contributed by atoms with Crippen LogP contribution in [0.5, 0.6) is 0 Å². The van der Waals surface area contributed by atoms with E-state index >= 15 is 0 Å². The van der Waals surface area contributed by atoms with Crippen LogP contribution in [0.4, 0.5) is 5.82 Å². The van der Waals surface area contributed by atoms with Gasteiger partial charge in [0.05, 0.1) is 50.4 Å². The lowest BCUT2D eigenvalue weighted by Gasteiger charge is -2.50. The molecule has 1 aromatic rings. The van der Waals surface area contributed by atoms with Gasteiger partial charge >= 0.3 is 19.5 Å². The van der Waals surface area contributed by atoms with Gasteiger partial charge in [-0.1, -0.05) is 0 Å². The number of carbonyl (C=O) groups excluding carboxylic acids is 3. The third kappa shape index (κ3) is 13.2. The van der Waals surface area contributed by atoms with Gasteiger partial charge in [-0.3, -0.25) is 18.7 Å². The number of ether oxygens (including phenoxy) is 6. The second-order valence-corrected chi connectivity index (χ2v) is 20.8. The normalized spacial score (nSPS) is 40.3. The lowest BCUT2D eigenvalue weighted by atomic mass is 9.88. The van der Waals surface area contributed by atoms with Crippen molar-refractivity contribution in [1.29, 1.82) is 0 Å². The fraction of sp³-hybridized carbons (Fsp3) is 0.811. The molecule has 406 valence electrons. The van der Waals surface area contributed by atoms with Gasteiger partial charge in [-0.25, -0.2) is 18.7 Å². The summed E-state index contributed by atoms with van der Waals surface area (Å²) in [5.41, 5.74) is 4.50. The van der Waals surface area contributed by atoms with E-state index in [2.05, 4.69) is 15.6 Å². The molecule has 0 bridgehead atoms. The van der Waals surface area contributed by atoms with Crippen molar-refractivity contribution >= 4 is 54.9 Å². The summed E-state index contributed by atoms with van der Waals surface area (Å²) in [4.78, 5) is 65.4. The molecule has 0 saturated carbocycles. The van der Waals surface area contributed by atoms with Crippen LogP contribution < -0.4 is 22.1 Å². The Kier molecular flexibility index (Phi) is 20.2. The molecule has 0 radical (unpaired) electrons. The molecule has 4 aliphatic rings. The molecule has 31 nitrogen and oxygen atoms in total. The highest BCUT2D eigenvalue weighted by Crippen LogP contribution is 2.54. The van der Waals surface area contributed by atoms with Gasteiger partial charge in [0, 0.05) is 30.9 Å². The van der Waals surface area contributed by atoms with Crippen LogP contribution in [0.1, 0.15) is 27.0 Å². The van der Waals surface area contributed by atoms with E-state index in [4.69, 9.17) is 43.2 Å². The number of carbonyl (C=O) groups is 3. The number of aliphatic hydroxyl groups excluding tert-OH is 11. The Hall–Kier alpha value is -2.78. The number of esters is 1. The number of rotatable bonds is 20. The molecule has 17 N–H and O–H groups in total. The Labute approximate surface area is 410 Å². The number of nitrogens with one attached hydrogen (secondary N) is 2. The highest BCUT2D eigenvalue weighted by molar-refractivity contribution is 8.16. The number of aliphatic hydroxyl groups is 12. The van der Waals surface area contributed by atoms with Crippen LogP contribution in [0.2, 0.25) is 0 Å². The summed E-state index contributed by atoms with van der Waals surface area (Å²) in [7, 11) is -5.09. The molecule has 4 fully saturated rings. The molecule has 0 aromatic carbocycles. The molecule has 2 amide bonds. The third-order valence-corrected chi connectivity index (χ3v) is 15.4. The minimum atomic E-state index is -5.84. The number of nitrogens with zero attached hydrogens (tertiary/aromatic N) is 2. The van der Waals surface area contributed by atoms with Gasteiger partial charge in [-0.15, -0.1) is 23.5 Å². The zero-order chi connectivity index (χ0) is 53.1. The van der Waals surface area contributed by atoms with Crippen LogP contribution in [0, 0.1) is 0 Å². The van der Waals surface area contributed by atoms with E-state index in [1.54, 1.807) is 0 Å². The number of anilines is 1. The first-order valence-electron chi connectivity index (χ1n) is 21.4. The molecule has 4 saturated heterocycles. The van der Waals surface area contributed by atoms with Crippen LogP contribution in [-0.4, -0.2) is 252 Å². The first kappa shape index (κ1) is 59.1. The molecule has 0 aliphatic carbocycles. The maximum atomic E-state index is 13.9. The highest BCUT2D eigenvalue weighted by atomic mass is 32.2. The Bertz CT molecular complexity index is 2100. The maximum absolute atomic E-state index is 13.9. The summed E-state index contributed by atoms with van der Waals surface area (Å²) in [5.74, 6) is -9.45. The summed E-state index contributed by atoms with van der Waals surface area (Å²) in [6.45, 7) is -0.0130. The highest BCUT2D eigenvalue weighted by Gasteiger charge is 2.66. The van der Waals surface area contributed by atoms with Gasteiger partial charge in [0.25, 0.3) is 5.79 Å². The smallest absolute Gasteiger partial charge is 0.465 e. The van der Waals surface area contributed by atoms with Gasteiger partial charge in [-0.2, -0.15) is 4.98 Å². The largest absolute Gasteiger partial charge is 0.475 e. The van der Waals surface area contributed by atoms with Crippen LogP contribution in [-0.2, 0) is 56.4 Å². The number of thioether (sulfide) groups is 2. The Balaban J connectivity index is 1.39. The van der Waals surface area contributed by atoms with E-state index in [0.29, 0.717) is 11.8 Å². The molecule has 1 unspecified atom stereocenters. The van der Waals surface area contributed by atoms with Crippen molar-refractivity contribution in [1.82, 2.24) is 20.2 Å². The molecule has 0 spiro atoms. The standard InChI is InChI=1S/C37H60N5O26PS2/c1-12(45)39-19-23(51)31(71-11-70-10-17-22(50)24(52)26(54)33(64-17)65-28-15(8-44)66-36(3,58)30(27(28)55)40-13(2)46)37(34(56)61-4,67-29(19)20(48)14(47)7-43)68-69(59,60)62-9-16-21(49)25(53)32(63-16)42-6-5-18(38)41-35(42)57/h5-6,14-17,19-33,43-44,47-55,58H,7-11H2,1-4H3,(H,39,45)(H,40,46)(H,59,60)(H2,38,41,57)/t14-,15-,16-,17-,19-,20-,21-,22+,23-,24+,25-,26-,27+,28-,29-,30-,31-,32-,33+,36-,37-/m1/s1. The summed E-state index contributed by atoms with van der Waals surface area (Å²) in [6, 6.07) is -2.19. The fourth-order valence-corrected chi connectivity index (χ4v) is 11.9. The first-order valence-corrected chi connectivity index (χ1v) is 25.1. The zero-order valence-corrected chi connectivity index (χ0v) is 40.5. The molecule has 71 heavy (non-hydrogen) atoms. The predicted octanol–water partition coefficient (Wildman–Crippen LogP) is -8.62. The number of phosphoric acid groups is 1. The molecule has 5 heterocycles. The average molecular weight is 1090 g/mol. The maximum Gasteiger partial charge on any atom is 0.475 e. The second kappa shape index (κ2) is 24.3. The van der Waals surface area contributed by atoms with Crippen LogP contribution in [0.25, 0.3) is 0 Å². The summed E-state index contributed by atoms with van der Waals surface area (Å²) in [5, 5.41) is 131. The minimum absolute atomic E-state index is 0.188. The Morgan fingerprint density at radius 1 is 0.930 bits per heavy atom. The molecular formula is C37H60N5O26PS2. The molecule has 5 rings (SSSR count). The van der Waals surface area contributed by atoms with Crippen molar-refractivity contribution in [2.24, 2.45) is 0 Å². The topological polar surface area (TPSA) is 490 Å². The number of nitrogens with two attached hydrogens (primary N) is 1. The van der Waals surface area contributed by atoms with Crippen molar-refractivity contribution in [3.8, 4) is 0 Å². The first-order chi connectivity index (χ1) is 33.1. The van der Waals surface area contributed by atoms with Gasteiger partial charge in [0.1, 0.15) is 85.1 Å². The van der Waals surface area contributed by atoms with Crippen molar-refractivity contribution in [3.05, 3.63) is 22.7 Å². The van der Waals surface area contributed by atoms with Gasteiger partial charge in [-0.05, 0) is 13.0 Å². The fourth-order valence-electron chi connectivity index (χ4n) is 8.20. The number of hydrogen-bond donors (Lipinski definition) is 16. The number of methoxy groups -OCH3 is 1. The SMILES string of the molecule is COC(=O)[C@@]1(OP(=O)(O)OC[C@H]2O[C@@H](n3ccc(N)nc3=O)[C@H](O)[C@@H]2O)O[C@@H]([C@H](O)[C@H](O)CO)[C@H](NC(C)=O)[C@@H](O)[C@H]1SCSC[C@H]1O[C@@H](O[C@H]2[C@H](O)[C@@H](NC(C)=O)[C@](C)(O)O[C@@H]2CO)[C@H](O)[C@@H](O)[C@H]1O. The van der Waals surface area contributed by atoms with Crippen LogP contribution in [0.3, 0.4) is 0 Å². The number of nitrogen functional groups attached to an aromatic ring is 1. The van der Waals surface area contributed by atoms with Crippen LogP contribution >= 0.6 is 31.3 Å². The number of amides is 2. The summed E-state index contributed by atoms with van der Waals surface area (Å²) < 4.78 is 58.4.